The minimum Gasteiger partial charge on any atom is -0.298 e. The molecule has 2 aliphatic heterocycles. The van der Waals surface area contributed by atoms with Crippen LogP contribution in [-0.2, 0) is 19.6 Å². The zero-order chi connectivity index (χ0) is 19.7. The molecule has 1 aromatic heterocycles. The molecular formula is C22H30F2N4. The summed E-state index contributed by atoms with van der Waals surface area (Å²) in [6, 6.07) is 4.28. The summed E-state index contributed by atoms with van der Waals surface area (Å²) in [5.41, 5.74) is 3.78. The van der Waals surface area contributed by atoms with Gasteiger partial charge in [-0.3, -0.25) is 14.5 Å². The first-order valence-corrected chi connectivity index (χ1v) is 10.4. The molecule has 0 amide bonds. The molecule has 2 aromatic rings. The van der Waals surface area contributed by atoms with E-state index in [-0.39, 0.29) is 0 Å². The van der Waals surface area contributed by atoms with Gasteiger partial charge < -0.3 is 0 Å². The van der Waals surface area contributed by atoms with Crippen molar-refractivity contribution in [1.29, 1.82) is 0 Å². The van der Waals surface area contributed by atoms with E-state index in [4.69, 9.17) is 0 Å². The summed E-state index contributed by atoms with van der Waals surface area (Å²) in [4.78, 5) is 4.98. The van der Waals surface area contributed by atoms with Crippen molar-refractivity contribution < 1.29 is 8.78 Å². The first-order valence-electron chi connectivity index (χ1n) is 10.4. The molecule has 1 unspecified atom stereocenters. The van der Waals surface area contributed by atoms with Crippen molar-refractivity contribution in [3.8, 4) is 0 Å². The van der Waals surface area contributed by atoms with E-state index in [1.807, 2.05) is 6.20 Å². The maximum absolute atomic E-state index is 13.5. The summed E-state index contributed by atoms with van der Waals surface area (Å²) in [7, 11) is 0. The van der Waals surface area contributed by atoms with Crippen molar-refractivity contribution in [2.45, 2.75) is 52.7 Å². The fraction of sp³-hybridized carbons (Fsp3) is 0.591. The monoisotopic (exact) mass is 388 g/mol. The summed E-state index contributed by atoms with van der Waals surface area (Å²) in [6.07, 6.45) is 5.65. The molecule has 0 saturated carbocycles. The van der Waals surface area contributed by atoms with Gasteiger partial charge in [-0.2, -0.15) is 5.10 Å². The molecule has 0 radical (unpaired) electrons. The fourth-order valence-corrected chi connectivity index (χ4v) is 5.04. The molecule has 0 bridgehead atoms. The summed E-state index contributed by atoms with van der Waals surface area (Å²) < 4.78 is 28.8. The molecule has 4 rings (SSSR count). The zero-order valence-electron chi connectivity index (χ0n) is 16.9. The predicted molar refractivity (Wildman–Crippen MR) is 106 cm³/mol. The number of hydrogen-bond donors (Lipinski definition) is 0. The number of rotatable bonds is 5. The SMILES string of the molecule is CCn1ncc(CN2CCC3(CCCN(Cc4ccc(F)c(F)c4)C3)C2)c1C. The molecule has 2 aliphatic rings. The first-order chi connectivity index (χ1) is 13.5. The Bertz CT molecular complexity index is 834. The van der Waals surface area contributed by atoms with Crippen LogP contribution < -0.4 is 0 Å². The van der Waals surface area contributed by atoms with E-state index >= 15 is 0 Å². The number of aryl methyl sites for hydroxylation is 1. The van der Waals surface area contributed by atoms with Crippen LogP contribution in [0.25, 0.3) is 0 Å². The number of benzene rings is 1. The summed E-state index contributed by atoms with van der Waals surface area (Å²) >= 11 is 0. The second-order valence-electron chi connectivity index (χ2n) is 8.59. The van der Waals surface area contributed by atoms with Crippen molar-refractivity contribution in [2.24, 2.45) is 5.41 Å². The zero-order valence-corrected chi connectivity index (χ0v) is 16.9. The molecule has 4 nitrogen and oxygen atoms in total. The van der Waals surface area contributed by atoms with Gasteiger partial charge in [0.2, 0.25) is 0 Å². The van der Waals surface area contributed by atoms with E-state index in [0.717, 1.165) is 44.8 Å². The largest absolute Gasteiger partial charge is 0.298 e. The van der Waals surface area contributed by atoms with Crippen molar-refractivity contribution in [3.05, 3.63) is 52.9 Å². The Morgan fingerprint density at radius 3 is 2.54 bits per heavy atom. The van der Waals surface area contributed by atoms with E-state index in [2.05, 4.69) is 33.4 Å². The predicted octanol–water partition coefficient (Wildman–Crippen LogP) is 3.98. The Labute approximate surface area is 166 Å². The van der Waals surface area contributed by atoms with Gasteiger partial charge in [-0.25, -0.2) is 8.78 Å². The summed E-state index contributed by atoms with van der Waals surface area (Å²) in [6.45, 7) is 11.2. The highest BCUT2D eigenvalue weighted by molar-refractivity contribution is 5.18. The van der Waals surface area contributed by atoms with Crippen molar-refractivity contribution in [1.82, 2.24) is 19.6 Å². The Morgan fingerprint density at radius 1 is 1.04 bits per heavy atom. The second kappa shape index (κ2) is 7.91. The number of piperidine rings is 1. The molecule has 0 N–H and O–H groups in total. The van der Waals surface area contributed by atoms with Gasteiger partial charge >= 0.3 is 0 Å². The van der Waals surface area contributed by atoms with Crippen LogP contribution in [0.1, 0.15) is 43.0 Å². The van der Waals surface area contributed by atoms with Crippen LogP contribution in [0.5, 0.6) is 0 Å². The van der Waals surface area contributed by atoms with Gasteiger partial charge in [-0.15, -0.1) is 0 Å². The average Bonchev–Trinajstić information content (AvgIpc) is 3.22. The Hall–Kier alpha value is -1.79. The van der Waals surface area contributed by atoms with Crippen LogP contribution in [0, 0.1) is 24.0 Å². The first kappa shape index (κ1) is 19.5. The molecule has 0 aliphatic carbocycles. The Balaban J connectivity index is 1.38. The lowest BCUT2D eigenvalue weighted by Crippen LogP contribution is -2.44. The van der Waals surface area contributed by atoms with Gasteiger partial charge in [0.1, 0.15) is 0 Å². The van der Waals surface area contributed by atoms with Gasteiger partial charge in [0.25, 0.3) is 0 Å². The molecule has 1 spiro atoms. The fourth-order valence-electron chi connectivity index (χ4n) is 5.04. The van der Waals surface area contributed by atoms with E-state index in [1.165, 1.54) is 42.7 Å². The van der Waals surface area contributed by atoms with Crippen LogP contribution >= 0.6 is 0 Å². The van der Waals surface area contributed by atoms with E-state index in [1.54, 1.807) is 6.07 Å². The maximum Gasteiger partial charge on any atom is 0.159 e. The number of hydrogen-bond acceptors (Lipinski definition) is 3. The lowest BCUT2D eigenvalue weighted by Gasteiger charge is -2.40. The standard InChI is InChI=1S/C22H30F2N4/c1-3-28-17(2)19(12-25-28)14-27-10-8-22(16-27)7-4-9-26(15-22)13-18-5-6-20(23)21(24)11-18/h5-6,11-12H,3-4,7-10,13-16H2,1-2H3. The van der Waals surface area contributed by atoms with Gasteiger partial charge in [0.15, 0.2) is 11.6 Å². The quantitative estimate of drug-likeness (QED) is 0.774. The third kappa shape index (κ3) is 3.98. The number of likely N-dealkylation sites (tertiary alicyclic amines) is 2. The minimum atomic E-state index is -0.771. The number of nitrogens with zero attached hydrogens (tertiary/aromatic N) is 4. The lowest BCUT2D eigenvalue weighted by atomic mass is 9.79. The topological polar surface area (TPSA) is 24.3 Å². The van der Waals surface area contributed by atoms with E-state index < -0.39 is 11.6 Å². The molecule has 2 fully saturated rings. The van der Waals surface area contributed by atoms with Crippen LogP contribution in [-0.4, -0.2) is 45.8 Å². The molecule has 1 aromatic carbocycles. The third-order valence-corrected chi connectivity index (χ3v) is 6.55. The smallest absolute Gasteiger partial charge is 0.159 e. The van der Waals surface area contributed by atoms with Gasteiger partial charge in [0, 0.05) is 44.0 Å². The van der Waals surface area contributed by atoms with E-state index in [9.17, 15) is 8.78 Å². The molecule has 3 heterocycles. The van der Waals surface area contributed by atoms with Crippen molar-refractivity contribution >= 4 is 0 Å². The van der Waals surface area contributed by atoms with Crippen LogP contribution in [0.2, 0.25) is 0 Å². The molecule has 152 valence electrons. The summed E-state index contributed by atoms with van der Waals surface area (Å²) in [5, 5.41) is 4.48. The molecule has 1 atom stereocenters. The second-order valence-corrected chi connectivity index (χ2v) is 8.59. The van der Waals surface area contributed by atoms with Crippen molar-refractivity contribution in [3.63, 3.8) is 0 Å². The normalized spacial score (nSPS) is 23.7. The van der Waals surface area contributed by atoms with Crippen LogP contribution in [0.3, 0.4) is 0 Å². The van der Waals surface area contributed by atoms with E-state index in [0.29, 0.717) is 12.0 Å². The highest BCUT2D eigenvalue weighted by Gasteiger charge is 2.41. The van der Waals surface area contributed by atoms with Crippen LogP contribution in [0.15, 0.2) is 24.4 Å². The Morgan fingerprint density at radius 2 is 1.82 bits per heavy atom. The highest BCUT2D eigenvalue weighted by atomic mass is 19.2. The van der Waals surface area contributed by atoms with Crippen molar-refractivity contribution in [2.75, 3.05) is 26.2 Å². The number of halogens is 2. The highest BCUT2D eigenvalue weighted by Crippen LogP contribution is 2.40. The van der Waals surface area contributed by atoms with Gasteiger partial charge in [-0.05, 0) is 69.3 Å². The van der Waals surface area contributed by atoms with Gasteiger partial charge in [0.05, 0.1) is 6.20 Å². The third-order valence-electron chi connectivity index (χ3n) is 6.55. The molecule has 28 heavy (non-hydrogen) atoms. The minimum absolute atomic E-state index is 0.325. The molecular weight excluding hydrogens is 358 g/mol. The Kier molecular flexibility index (Phi) is 5.52. The molecule has 2 saturated heterocycles. The molecule has 6 heteroatoms. The number of aromatic nitrogens is 2. The summed E-state index contributed by atoms with van der Waals surface area (Å²) in [5.74, 6) is -1.52. The lowest BCUT2D eigenvalue weighted by molar-refractivity contribution is 0.0865. The average molecular weight is 389 g/mol. The van der Waals surface area contributed by atoms with Gasteiger partial charge in [-0.1, -0.05) is 6.07 Å². The van der Waals surface area contributed by atoms with Crippen LogP contribution in [0.4, 0.5) is 8.78 Å². The maximum atomic E-state index is 13.5.